The molecule has 4 rings (SSSR count). The predicted octanol–water partition coefficient (Wildman–Crippen LogP) is 4.13. The van der Waals surface area contributed by atoms with Crippen LogP contribution in [0.5, 0.6) is 0 Å². The standard InChI is InChI=1S/C22H25FN4O2/c1-14-15(2)25-29-22(14)17-13-24-26(3)21(17)19-10-6-7-11-27(19)20(28)12-16-8-4-5-9-18(16)23/h4-5,8-9,13,19H,6-7,10-12H2,1-3H3/t19-/m0/s1. The van der Waals surface area contributed by atoms with Crippen molar-refractivity contribution in [1.29, 1.82) is 0 Å². The Kier molecular flexibility index (Phi) is 5.22. The number of carbonyl (C=O) groups is 1. The third kappa shape index (κ3) is 3.57. The van der Waals surface area contributed by atoms with Crippen molar-refractivity contribution in [1.82, 2.24) is 19.8 Å². The van der Waals surface area contributed by atoms with Gasteiger partial charge in [0.15, 0.2) is 5.76 Å². The second-order valence-electron chi connectivity index (χ2n) is 7.66. The van der Waals surface area contributed by atoms with Gasteiger partial charge in [0.1, 0.15) is 5.82 Å². The Morgan fingerprint density at radius 1 is 1.28 bits per heavy atom. The normalized spacial score (nSPS) is 17.0. The molecule has 6 nitrogen and oxygen atoms in total. The quantitative estimate of drug-likeness (QED) is 0.665. The number of aromatic nitrogens is 3. The average molecular weight is 396 g/mol. The molecule has 2 aromatic heterocycles. The van der Waals surface area contributed by atoms with E-state index in [1.807, 2.05) is 30.5 Å². The van der Waals surface area contributed by atoms with Crippen molar-refractivity contribution in [3.8, 4) is 11.3 Å². The van der Waals surface area contributed by atoms with Crippen LogP contribution in [0.3, 0.4) is 0 Å². The fourth-order valence-electron chi connectivity index (χ4n) is 4.10. The number of amides is 1. The molecule has 0 unspecified atom stereocenters. The molecule has 0 saturated carbocycles. The van der Waals surface area contributed by atoms with E-state index in [1.165, 1.54) is 6.07 Å². The van der Waals surface area contributed by atoms with Crippen molar-refractivity contribution in [3.63, 3.8) is 0 Å². The van der Waals surface area contributed by atoms with Crippen molar-refractivity contribution < 1.29 is 13.7 Å². The molecule has 0 N–H and O–H groups in total. The summed E-state index contributed by atoms with van der Waals surface area (Å²) in [5, 5.41) is 8.51. The summed E-state index contributed by atoms with van der Waals surface area (Å²) in [5.41, 5.74) is 4.03. The molecule has 1 aliphatic heterocycles. The Labute approximate surface area is 169 Å². The minimum Gasteiger partial charge on any atom is -0.356 e. The number of hydrogen-bond acceptors (Lipinski definition) is 4. The Hall–Kier alpha value is -2.96. The van der Waals surface area contributed by atoms with Gasteiger partial charge in [0.2, 0.25) is 5.91 Å². The van der Waals surface area contributed by atoms with Gasteiger partial charge in [-0.2, -0.15) is 5.10 Å². The lowest BCUT2D eigenvalue weighted by atomic mass is 9.94. The molecule has 1 fully saturated rings. The first-order valence-corrected chi connectivity index (χ1v) is 9.95. The maximum absolute atomic E-state index is 14.1. The number of carbonyl (C=O) groups excluding carboxylic acids is 1. The third-order valence-corrected chi connectivity index (χ3v) is 5.82. The molecule has 0 radical (unpaired) electrons. The lowest BCUT2D eigenvalue weighted by molar-refractivity contribution is -0.134. The summed E-state index contributed by atoms with van der Waals surface area (Å²) in [6, 6.07) is 6.33. The third-order valence-electron chi connectivity index (χ3n) is 5.82. The number of piperidine rings is 1. The van der Waals surface area contributed by atoms with Gasteiger partial charge in [0.25, 0.3) is 0 Å². The van der Waals surface area contributed by atoms with E-state index < -0.39 is 0 Å². The number of hydrogen-bond donors (Lipinski definition) is 0. The van der Waals surface area contributed by atoms with Crippen LogP contribution in [-0.4, -0.2) is 32.3 Å². The first-order valence-electron chi connectivity index (χ1n) is 9.95. The monoisotopic (exact) mass is 396 g/mol. The molecular formula is C22H25FN4O2. The van der Waals surface area contributed by atoms with Gasteiger partial charge in [0.05, 0.1) is 35.6 Å². The van der Waals surface area contributed by atoms with Crippen molar-refractivity contribution in [2.75, 3.05) is 6.54 Å². The summed E-state index contributed by atoms with van der Waals surface area (Å²) in [6.45, 7) is 4.53. The van der Waals surface area contributed by atoms with E-state index in [2.05, 4.69) is 10.3 Å². The first-order chi connectivity index (χ1) is 14.0. The lowest BCUT2D eigenvalue weighted by Crippen LogP contribution is -2.40. The Morgan fingerprint density at radius 2 is 2.07 bits per heavy atom. The molecule has 3 heterocycles. The second kappa shape index (κ2) is 7.81. The molecule has 29 heavy (non-hydrogen) atoms. The van der Waals surface area contributed by atoms with Crippen molar-refractivity contribution in [2.45, 2.75) is 45.6 Å². The van der Waals surface area contributed by atoms with Gasteiger partial charge < -0.3 is 9.42 Å². The van der Waals surface area contributed by atoms with Crippen LogP contribution in [-0.2, 0) is 18.3 Å². The van der Waals surface area contributed by atoms with Crippen LogP contribution in [0.15, 0.2) is 35.0 Å². The number of rotatable bonds is 4. The van der Waals surface area contributed by atoms with E-state index in [0.717, 1.165) is 41.8 Å². The summed E-state index contributed by atoms with van der Waals surface area (Å²) in [7, 11) is 1.88. The van der Waals surface area contributed by atoms with Gasteiger partial charge >= 0.3 is 0 Å². The summed E-state index contributed by atoms with van der Waals surface area (Å²) >= 11 is 0. The Bertz CT molecular complexity index is 1040. The van der Waals surface area contributed by atoms with Gasteiger partial charge in [0, 0.05) is 19.2 Å². The van der Waals surface area contributed by atoms with Crippen LogP contribution in [0.1, 0.15) is 47.8 Å². The van der Waals surface area contributed by atoms with Crippen LogP contribution in [0.2, 0.25) is 0 Å². The number of benzene rings is 1. The molecule has 0 bridgehead atoms. The average Bonchev–Trinajstić information content (AvgIpc) is 3.25. The fourth-order valence-corrected chi connectivity index (χ4v) is 4.10. The zero-order valence-corrected chi connectivity index (χ0v) is 17.0. The van der Waals surface area contributed by atoms with Crippen molar-refractivity contribution in [2.24, 2.45) is 7.05 Å². The highest BCUT2D eigenvalue weighted by Gasteiger charge is 2.33. The maximum Gasteiger partial charge on any atom is 0.227 e. The highest BCUT2D eigenvalue weighted by molar-refractivity contribution is 5.80. The summed E-state index contributed by atoms with van der Waals surface area (Å²) in [4.78, 5) is 15.0. The fraction of sp³-hybridized carbons (Fsp3) is 0.409. The number of aryl methyl sites for hydroxylation is 2. The predicted molar refractivity (Wildman–Crippen MR) is 107 cm³/mol. The number of halogens is 1. The molecule has 0 spiro atoms. The summed E-state index contributed by atoms with van der Waals surface area (Å²) in [5.74, 6) is 0.276. The lowest BCUT2D eigenvalue weighted by Gasteiger charge is -2.36. The molecular weight excluding hydrogens is 371 g/mol. The van der Waals surface area contributed by atoms with Gasteiger partial charge in [-0.05, 0) is 44.7 Å². The molecule has 0 aliphatic carbocycles. The summed E-state index contributed by atoms with van der Waals surface area (Å²) in [6.07, 6.45) is 4.62. The maximum atomic E-state index is 14.1. The van der Waals surface area contributed by atoms with E-state index in [4.69, 9.17) is 4.52 Å². The van der Waals surface area contributed by atoms with Crippen molar-refractivity contribution in [3.05, 3.63) is 58.8 Å². The van der Waals surface area contributed by atoms with E-state index in [9.17, 15) is 9.18 Å². The minimum absolute atomic E-state index is 0.0524. The van der Waals surface area contributed by atoms with Crippen LogP contribution >= 0.6 is 0 Å². The van der Waals surface area contributed by atoms with E-state index in [1.54, 1.807) is 24.4 Å². The Balaban J connectivity index is 1.68. The van der Waals surface area contributed by atoms with E-state index in [0.29, 0.717) is 17.9 Å². The molecule has 1 aliphatic rings. The van der Waals surface area contributed by atoms with Crippen LogP contribution in [0, 0.1) is 19.7 Å². The summed E-state index contributed by atoms with van der Waals surface area (Å²) < 4.78 is 21.5. The molecule has 152 valence electrons. The first kappa shape index (κ1) is 19.4. The SMILES string of the molecule is Cc1noc(-c2cnn(C)c2[C@@H]2CCCCN2C(=O)Cc2ccccc2F)c1C. The molecule has 1 atom stereocenters. The van der Waals surface area contributed by atoms with E-state index in [-0.39, 0.29) is 24.2 Å². The minimum atomic E-state index is -0.344. The Morgan fingerprint density at radius 3 is 2.79 bits per heavy atom. The largest absolute Gasteiger partial charge is 0.356 e. The zero-order chi connectivity index (χ0) is 20.5. The van der Waals surface area contributed by atoms with Gasteiger partial charge in [-0.1, -0.05) is 23.4 Å². The van der Waals surface area contributed by atoms with Gasteiger partial charge in [-0.3, -0.25) is 9.48 Å². The highest BCUT2D eigenvalue weighted by Crippen LogP contribution is 2.38. The molecule has 7 heteroatoms. The molecule has 1 amide bonds. The topological polar surface area (TPSA) is 64.2 Å². The van der Waals surface area contributed by atoms with Gasteiger partial charge in [-0.15, -0.1) is 0 Å². The second-order valence-corrected chi connectivity index (χ2v) is 7.66. The molecule has 3 aromatic rings. The molecule has 1 aromatic carbocycles. The van der Waals surface area contributed by atoms with Crippen molar-refractivity contribution >= 4 is 5.91 Å². The van der Waals surface area contributed by atoms with Crippen LogP contribution in [0.25, 0.3) is 11.3 Å². The smallest absolute Gasteiger partial charge is 0.227 e. The highest BCUT2D eigenvalue weighted by atomic mass is 19.1. The number of likely N-dealkylation sites (tertiary alicyclic amines) is 1. The molecule has 1 saturated heterocycles. The number of nitrogens with zero attached hydrogens (tertiary/aromatic N) is 4. The van der Waals surface area contributed by atoms with Crippen LogP contribution < -0.4 is 0 Å². The van der Waals surface area contributed by atoms with Gasteiger partial charge in [-0.25, -0.2) is 4.39 Å². The zero-order valence-electron chi connectivity index (χ0n) is 17.0. The van der Waals surface area contributed by atoms with E-state index >= 15 is 0 Å². The van der Waals surface area contributed by atoms with Crippen LogP contribution in [0.4, 0.5) is 4.39 Å².